The number of rotatable bonds is 9. The molecule has 0 aromatic heterocycles. The van der Waals surface area contributed by atoms with Gasteiger partial charge in [0.15, 0.2) is 11.6 Å². The lowest BCUT2D eigenvalue weighted by Gasteiger charge is -2.19. The van der Waals surface area contributed by atoms with E-state index in [-0.39, 0.29) is 23.1 Å². The Labute approximate surface area is 219 Å². The number of nitrogens with one attached hydrogen (secondary N) is 5. The van der Waals surface area contributed by atoms with Crippen molar-refractivity contribution < 1.29 is 28.0 Å². The fourth-order valence-electron chi connectivity index (χ4n) is 4.72. The molecule has 14 heteroatoms. The van der Waals surface area contributed by atoms with E-state index in [0.29, 0.717) is 24.9 Å². The average Bonchev–Trinajstić information content (AvgIpc) is 3.67. The summed E-state index contributed by atoms with van der Waals surface area (Å²) in [5.74, 6) is -1.27. The molecule has 1 fully saturated rings. The van der Waals surface area contributed by atoms with E-state index in [1.165, 1.54) is 12.1 Å². The van der Waals surface area contributed by atoms with Gasteiger partial charge in [-0.25, -0.2) is 8.42 Å². The summed E-state index contributed by atoms with van der Waals surface area (Å²) in [5.41, 5.74) is -0.530. The van der Waals surface area contributed by atoms with Gasteiger partial charge in [0, 0.05) is 45.1 Å². The first kappa shape index (κ1) is 25.9. The minimum Gasteiger partial charge on any atom is -0.480 e. The van der Waals surface area contributed by atoms with Gasteiger partial charge in [-0.1, -0.05) is 35.5 Å². The highest BCUT2D eigenvalue weighted by molar-refractivity contribution is 7.89. The molecule has 2 aromatic rings. The quantitative estimate of drug-likeness (QED) is 0.234. The first-order valence-electron chi connectivity index (χ1n) is 12.3. The van der Waals surface area contributed by atoms with E-state index in [4.69, 9.17) is 4.84 Å². The molecule has 0 aliphatic carbocycles. The van der Waals surface area contributed by atoms with E-state index in [1.807, 2.05) is 12.1 Å². The number of aliphatic carboxylic acids is 1. The molecule has 6 N–H and O–H groups in total. The number of nitrogens with zero attached hydrogens (tertiary/aromatic N) is 2. The van der Waals surface area contributed by atoms with Crippen LogP contribution in [-0.4, -0.2) is 87.5 Å². The summed E-state index contributed by atoms with van der Waals surface area (Å²) in [6.07, 6.45) is 0.874. The molecule has 3 atom stereocenters. The Morgan fingerprint density at radius 1 is 1.21 bits per heavy atom. The fraction of sp³-hybridized carbons (Fsp3) is 0.417. The lowest BCUT2D eigenvalue weighted by Crippen LogP contribution is -2.49. The van der Waals surface area contributed by atoms with Crippen LogP contribution >= 0.6 is 0 Å². The molecule has 1 saturated heterocycles. The third kappa shape index (κ3) is 5.71. The van der Waals surface area contributed by atoms with Gasteiger partial charge in [-0.3, -0.25) is 14.6 Å². The Balaban J connectivity index is 1.14. The molecule has 3 aliphatic rings. The molecule has 0 bridgehead atoms. The van der Waals surface area contributed by atoms with Gasteiger partial charge < -0.3 is 31.2 Å². The van der Waals surface area contributed by atoms with Crippen LogP contribution in [0.1, 0.15) is 12.8 Å². The zero-order chi connectivity index (χ0) is 26.8. The summed E-state index contributed by atoms with van der Waals surface area (Å²) >= 11 is 0. The summed E-state index contributed by atoms with van der Waals surface area (Å²) < 4.78 is 27.9. The number of hydrogen-bond acceptors (Lipinski definition) is 10. The van der Waals surface area contributed by atoms with E-state index in [1.54, 1.807) is 18.2 Å². The van der Waals surface area contributed by atoms with Crippen molar-refractivity contribution in [2.75, 3.05) is 32.7 Å². The topological polar surface area (TPSA) is 183 Å². The zero-order valence-corrected chi connectivity index (χ0v) is 21.3. The second-order valence-electron chi connectivity index (χ2n) is 9.54. The minimum absolute atomic E-state index is 0.0714. The molecular formula is C24H29N7O6S. The monoisotopic (exact) mass is 543 g/mol. The summed E-state index contributed by atoms with van der Waals surface area (Å²) in [4.78, 5) is 34.4. The normalized spacial score (nSPS) is 23.4. The average molecular weight is 544 g/mol. The second kappa shape index (κ2) is 10.6. The van der Waals surface area contributed by atoms with Crippen molar-refractivity contribution in [2.45, 2.75) is 35.4 Å². The molecule has 0 saturated carbocycles. The third-order valence-electron chi connectivity index (χ3n) is 6.72. The van der Waals surface area contributed by atoms with Crippen LogP contribution in [0.2, 0.25) is 0 Å². The summed E-state index contributed by atoms with van der Waals surface area (Å²) in [6.45, 7) is 2.23. The van der Waals surface area contributed by atoms with Gasteiger partial charge in [0.25, 0.3) is 5.91 Å². The van der Waals surface area contributed by atoms with E-state index < -0.39 is 40.1 Å². The number of carbonyl (C=O) groups is 2. The second-order valence-corrected chi connectivity index (χ2v) is 11.3. The first-order valence-corrected chi connectivity index (χ1v) is 13.7. The number of guanidine groups is 1. The number of amides is 1. The Hall–Kier alpha value is -3.75. The molecule has 0 radical (unpaired) electrons. The molecule has 3 aliphatic heterocycles. The molecular weight excluding hydrogens is 514 g/mol. The Kier molecular flexibility index (Phi) is 7.19. The minimum atomic E-state index is -4.16. The molecule has 3 heterocycles. The van der Waals surface area contributed by atoms with Gasteiger partial charge >= 0.3 is 5.97 Å². The van der Waals surface area contributed by atoms with Crippen molar-refractivity contribution in [1.82, 2.24) is 26.0 Å². The lowest BCUT2D eigenvalue weighted by molar-refractivity contribution is -0.138. The molecule has 2 aromatic carbocycles. The van der Waals surface area contributed by atoms with E-state index >= 15 is 0 Å². The summed E-state index contributed by atoms with van der Waals surface area (Å²) in [6, 6.07) is 10.3. The fourth-order valence-corrected chi connectivity index (χ4v) is 5.94. The predicted molar refractivity (Wildman–Crippen MR) is 139 cm³/mol. The van der Waals surface area contributed by atoms with Crippen LogP contribution in [0, 0.1) is 0 Å². The first-order chi connectivity index (χ1) is 18.2. The number of sulfonamides is 1. The standard InChI is InChI=1S/C24H29N7O6S/c32-21(19-11-24(37-30-19)10-17(29-14-24)12-28-23-25-7-8-26-23)27-13-20(22(33)34)31-38(35,36)18-6-5-15-3-1-2-4-16(15)9-18/h1-6,9,17,20,29,31H,7-8,10-14H2,(H,27,32)(H,33,34)(H2,25,26,28)/t17?,20?,24-/m0/s1. The molecule has 1 amide bonds. The largest absolute Gasteiger partial charge is 0.480 e. The molecule has 38 heavy (non-hydrogen) atoms. The smallest absolute Gasteiger partial charge is 0.323 e. The highest BCUT2D eigenvalue weighted by Crippen LogP contribution is 2.32. The maximum absolute atomic E-state index is 12.9. The van der Waals surface area contributed by atoms with Gasteiger partial charge in [0.05, 0.1) is 11.4 Å². The van der Waals surface area contributed by atoms with Gasteiger partial charge in [-0.15, -0.1) is 0 Å². The summed E-state index contributed by atoms with van der Waals surface area (Å²) in [5, 5.41) is 27.3. The Morgan fingerprint density at radius 3 is 2.79 bits per heavy atom. The van der Waals surface area contributed by atoms with Gasteiger partial charge in [-0.2, -0.15) is 4.72 Å². The van der Waals surface area contributed by atoms with Gasteiger partial charge in [0.2, 0.25) is 10.0 Å². The van der Waals surface area contributed by atoms with Gasteiger partial charge in [-0.05, 0) is 22.9 Å². The Bertz CT molecular complexity index is 1410. The molecule has 13 nitrogen and oxygen atoms in total. The number of hydrogen-bond donors (Lipinski definition) is 6. The maximum Gasteiger partial charge on any atom is 0.323 e. The Morgan fingerprint density at radius 2 is 2.03 bits per heavy atom. The van der Waals surface area contributed by atoms with E-state index in [2.05, 4.69) is 36.1 Å². The molecule has 202 valence electrons. The van der Waals surface area contributed by atoms with Crippen molar-refractivity contribution in [2.24, 2.45) is 10.1 Å². The summed E-state index contributed by atoms with van der Waals surface area (Å²) in [7, 11) is -4.16. The SMILES string of the molecule is O=C(NCC(NS(=O)(=O)c1ccc2ccccc2c1)C(=O)O)C1=NO[C@]2(CNC(CNC3=NCCN3)C2)C1. The van der Waals surface area contributed by atoms with Crippen molar-refractivity contribution >= 4 is 44.3 Å². The number of carboxylic acids is 1. The van der Waals surface area contributed by atoms with Crippen LogP contribution in [-0.2, 0) is 24.4 Å². The number of carboxylic acid groups (broad SMARTS) is 1. The highest BCUT2D eigenvalue weighted by atomic mass is 32.2. The van der Waals surface area contributed by atoms with Crippen LogP contribution < -0.4 is 26.0 Å². The molecule has 5 rings (SSSR count). The van der Waals surface area contributed by atoms with Crippen LogP contribution in [0.25, 0.3) is 10.8 Å². The molecule has 2 unspecified atom stereocenters. The van der Waals surface area contributed by atoms with Crippen LogP contribution in [0.15, 0.2) is 57.5 Å². The lowest BCUT2D eigenvalue weighted by atomic mass is 9.94. The maximum atomic E-state index is 12.9. The van der Waals surface area contributed by atoms with E-state index in [0.717, 1.165) is 24.4 Å². The highest BCUT2D eigenvalue weighted by Gasteiger charge is 2.47. The number of carbonyl (C=O) groups excluding carboxylic acids is 1. The number of benzene rings is 2. The van der Waals surface area contributed by atoms with Crippen LogP contribution in [0.3, 0.4) is 0 Å². The van der Waals surface area contributed by atoms with Crippen molar-refractivity contribution in [3.8, 4) is 0 Å². The molecule has 1 spiro atoms. The van der Waals surface area contributed by atoms with Crippen molar-refractivity contribution in [3.05, 3.63) is 42.5 Å². The number of oxime groups is 1. The number of fused-ring (bicyclic) bond motifs is 1. The van der Waals surface area contributed by atoms with Crippen LogP contribution in [0.5, 0.6) is 0 Å². The van der Waals surface area contributed by atoms with Gasteiger partial charge in [0.1, 0.15) is 11.8 Å². The predicted octanol–water partition coefficient (Wildman–Crippen LogP) is -0.887. The zero-order valence-electron chi connectivity index (χ0n) is 20.4. The van der Waals surface area contributed by atoms with Crippen molar-refractivity contribution in [1.29, 1.82) is 0 Å². The van der Waals surface area contributed by atoms with Crippen molar-refractivity contribution in [3.63, 3.8) is 0 Å². The number of aliphatic imine (C=N–C) groups is 1. The van der Waals surface area contributed by atoms with E-state index in [9.17, 15) is 23.1 Å². The third-order valence-corrected chi connectivity index (χ3v) is 8.19. The van der Waals surface area contributed by atoms with Crippen LogP contribution in [0.4, 0.5) is 0 Å².